The summed E-state index contributed by atoms with van der Waals surface area (Å²) in [6.45, 7) is 0.298. The van der Waals surface area contributed by atoms with Gasteiger partial charge in [-0.25, -0.2) is 0 Å². The number of pyridine rings is 1. The van der Waals surface area contributed by atoms with E-state index in [4.69, 9.17) is 0 Å². The van der Waals surface area contributed by atoms with Crippen LogP contribution in [0.5, 0.6) is 5.75 Å². The largest absolute Gasteiger partial charge is 0.506 e. The van der Waals surface area contributed by atoms with Crippen LogP contribution < -0.4 is 10.9 Å². The van der Waals surface area contributed by atoms with Gasteiger partial charge in [0.05, 0.1) is 12.1 Å². The van der Waals surface area contributed by atoms with E-state index in [9.17, 15) is 14.7 Å². The van der Waals surface area contributed by atoms with Crippen molar-refractivity contribution >= 4 is 22.5 Å². The van der Waals surface area contributed by atoms with Crippen molar-refractivity contribution in [3.05, 3.63) is 106 Å². The predicted octanol–water partition coefficient (Wildman–Crippen LogP) is 4.01. The molecule has 0 fully saturated rings. The first-order valence-electron chi connectivity index (χ1n) is 8.90. The number of hydrogen-bond donors (Lipinski definition) is 2. The van der Waals surface area contributed by atoms with Crippen LogP contribution in [0, 0.1) is 0 Å². The van der Waals surface area contributed by atoms with Gasteiger partial charge < -0.3 is 15.0 Å². The first-order valence-corrected chi connectivity index (χ1v) is 8.90. The highest BCUT2D eigenvalue weighted by atomic mass is 16.3. The van der Waals surface area contributed by atoms with E-state index in [1.807, 2.05) is 36.4 Å². The fraction of sp³-hybridized carbons (Fsp3) is 0.0435. The SMILES string of the molecule is O=C(Nc1ccccc1)c1c(O)c2ccccc2n(Cc2ccccc2)c1=O. The summed E-state index contributed by atoms with van der Waals surface area (Å²) in [5.74, 6) is -0.945. The summed E-state index contributed by atoms with van der Waals surface area (Å²) < 4.78 is 1.52. The molecular weight excluding hydrogens is 352 g/mol. The molecule has 0 aliphatic rings. The lowest BCUT2D eigenvalue weighted by Gasteiger charge is -2.15. The van der Waals surface area contributed by atoms with Crippen molar-refractivity contribution in [2.75, 3.05) is 5.32 Å². The smallest absolute Gasteiger partial charge is 0.268 e. The molecule has 0 unspecified atom stereocenters. The second-order valence-corrected chi connectivity index (χ2v) is 6.44. The molecule has 4 aromatic rings. The maximum absolute atomic E-state index is 13.2. The molecule has 1 aromatic heterocycles. The first kappa shape index (κ1) is 17.5. The van der Waals surface area contributed by atoms with Gasteiger partial charge in [-0.1, -0.05) is 60.7 Å². The summed E-state index contributed by atoms with van der Waals surface area (Å²) in [5, 5.41) is 13.8. The molecule has 4 rings (SSSR count). The van der Waals surface area contributed by atoms with Gasteiger partial charge in [0.2, 0.25) is 0 Å². The highest BCUT2D eigenvalue weighted by Crippen LogP contribution is 2.27. The number of aromatic nitrogens is 1. The molecule has 0 spiro atoms. The summed E-state index contributed by atoms with van der Waals surface area (Å²) >= 11 is 0. The molecule has 0 saturated heterocycles. The van der Waals surface area contributed by atoms with Crippen molar-refractivity contribution in [2.45, 2.75) is 6.54 Å². The van der Waals surface area contributed by atoms with Crippen molar-refractivity contribution in [3.63, 3.8) is 0 Å². The minimum atomic E-state index is -0.638. The first-order chi connectivity index (χ1) is 13.6. The van der Waals surface area contributed by atoms with Crippen LogP contribution >= 0.6 is 0 Å². The van der Waals surface area contributed by atoms with Gasteiger partial charge in [-0.3, -0.25) is 9.59 Å². The van der Waals surface area contributed by atoms with E-state index in [2.05, 4.69) is 5.32 Å². The standard InChI is InChI=1S/C23H18N2O3/c26-21-18-13-7-8-14-19(18)25(15-16-9-3-1-4-10-16)23(28)20(21)22(27)24-17-11-5-2-6-12-17/h1-14,26H,15H2,(H,24,27). The number of rotatable bonds is 4. The number of carbonyl (C=O) groups is 1. The van der Waals surface area contributed by atoms with Crippen LogP contribution in [0.2, 0.25) is 0 Å². The molecule has 1 amide bonds. The average molecular weight is 370 g/mol. The molecule has 1 heterocycles. The predicted molar refractivity (Wildman–Crippen MR) is 110 cm³/mol. The van der Waals surface area contributed by atoms with Gasteiger partial charge in [-0.2, -0.15) is 0 Å². The zero-order chi connectivity index (χ0) is 19.5. The number of fused-ring (bicyclic) bond motifs is 1. The Bertz CT molecular complexity index is 1200. The van der Waals surface area contributed by atoms with Crippen molar-refractivity contribution < 1.29 is 9.90 Å². The molecule has 2 N–H and O–H groups in total. The third-order valence-corrected chi connectivity index (χ3v) is 4.59. The number of para-hydroxylation sites is 2. The molecule has 28 heavy (non-hydrogen) atoms. The molecule has 0 atom stereocenters. The third kappa shape index (κ3) is 3.25. The zero-order valence-corrected chi connectivity index (χ0v) is 15.0. The Morgan fingerprint density at radius 3 is 2.18 bits per heavy atom. The van der Waals surface area contributed by atoms with Crippen LogP contribution in [-0.4, -0.2) is 15.6 Å². The second kappa shape index (κ2) is 7.40. The highest BCUT2D eigenvalue weighted by molar-refractivity contribution is 6.09. The van der Waals surface area contributed by atoms with Crippen LogP contribution in [0.15, 0.2) is 89.7 Å². The van der Waals surface area contributed by atoms with Gasteiger partial charge in [-0.05, 0) is 29.8 Å². The number of hydrogen-bond acceptors (Lipinski definition) is 3. The number of nitrogens with one attached hydrogen (secondary N) is 1. The fourth-order valence-corrected chi connectivity index (χ4v) is 3.23. The van der Waals surface area contributed by atoms with Crippen LogP contribution in [0.3, 0.4) is 0 Å². The molecule has 5 heteroatoms. The van der Waals surface area contributed by atoms with Gasteiger partial charge in [-0.15, -0.1) is 0 Å². The van der Waals surface area contributed by atoms with Crippen molar-refractivity contribution in [1.82, 2.24) is 4.57 Å². The van der Waals surface area contributed by atoms with E-state index in [-0.39, 0.29) is 11.3 Å². The van der Waals surface area contributed by atoms with Crippen molar-refractivity contribution in [1.29, 1.82) is 0 Å². The summed E-state index contributed by atoms with van der Waals surface area (Å²) in [5.41, 5.74) is 1.25. The number of aromatic hydroxyl groups is 1. The number of amides is 1. The molecule has 0 aliphatic carbocycles. The minimum Gasteiger partial charge on any atom is -0.506 e. The third-order valence-electron chi connectivity index (χ3n) is 4.59. The molecular formula is C23H18N2O3. The monoisotopic (exact) mass is 370 g/mol. The van der Waals surface area contributed by atoms with Crippen LogP contribution in [0.1, 0.15) is 15.9 Å². The number of nitrogens with zero attached hydrogens (tertiary/aromatic N) is 1. The van der Waals surface area contributed by atoms with Gasteiger partial charge >= 0.3 is 0 Å². The topological polar surface area (TPSA) is 71.3 Å². The summed E-state index contributed by atoms with van der Waals surface area (Å²) in [4.78, 5) is 26.0. The molecule has 3 aromatic carbocycles. The normalized spacial score (nSPS) is 10.7. The van der Waals surface area contributed by atoms with Crippen LogP contribution in [0.4, 0.5) is 5.69 Å². The lowest BCUT2D eigenvalue weighted by atomic mass is 10.1. The van der Waals surface area contributed by atoms with E-state index >= 15 is 0 Å². The average Bonchev–Trinajstić information content (AvgIpc) is 2.73. The maximum Gasteiger partial charge on any atom is 0.268 e. The van der Waals surface area contributed by atoms with Gasteiger partial charge in [0.15, 0.2) is 0 Å². The molecule has 0 aliphatic heterocycles. The van der Waals surface area contributed by atoms with E-state index in [1.54, 1.807) is 48.5 Å². The quantitative estimate of drug-likeness (QED) is 0.570. The molecule has 0 radical (unpaired) electrons. The van der Waals surface area contributed by atoms with Gasteiger partial charge in [0, 0.05) is 11.1 Å². The molecule has 0 saturated carbocycles. The minimum absolute atomic E-state index is 0.265. The Labute approximate surface area is 161 Å². The van der Waals surface area contributed by atoms with Gasteiger partial charge in [0.1, 0.15) is 11.3 Å². The van der Waals surface area contributed by atoms with E-state index in [1.165, 1.54) is 4.57 Å². The molecule has 0 bridgehead atoms. The van der Waals surface area contributed by atoms with Gasteiger partial charge in [0.25, 0.3) is 11.5 Å². The summed E-state index contributed by atoms with van der Waals surface area (Å²) in [7, 11) is 0. The Kier molecular flexibility index (Phi) is 4.64. The fourth-order valence-electron chi connectivity index (χ4n) is 3.23. The molecule has 138 valence electrons. The number of benzene rings is 3. The van der Waals surface area contributed by atoms with Crippen molar-refractivity contribution in [2.24, 2.45) is 0 Å². The summed E-state index contributed by atoms with van der Waals surface area (Å²) in [6, 6.07) is 25.4. The number of anilines is 1. The maximum atomic E-state index is 13.2. The highest BCUT2D eigenvalue weighted by Gasteiger charge is 2.22. The van der Waals surface area contributed by atoms with Crippen LogP contribution in [0.25, 0.3) is 10.9 Å². The van der Waals surface area contributed by atoms with E-state index < -0.39 is 11.5 Å². The van der Waals surface area contributed by atoms with Crippen molar-refractivity contribution in [3.8, 4) is 5.75 Å². The van der Waals surface area contributed by atoms with E-state index in [0.29, 0.717) is 23.1 Å². The molecule has 5 nitrogen and oxygen atoms in total. The second-order valence-electron chi connectivity index (χ2n) is 6.44. The Morgan fingerprint density at radius 2 is 1.46 bits per heavy atom. The Hall–Kier alpha value is -3.86. The van der Waals surface area contributed by atoms with Crippen LogP contribution in [-0.2, 0) is 6.54 Å². The number of carbonyl (C=O) groups excluding carboxylic acids is 1. The summed E-state index contributed by atoms with van der Waals surface area (Å²) in [6.07, 6.45) is 0. The lowest BCUT2D eigenvalue weighted by Crippen LogP contribution is -2.30. The zero-order valence-electron chi connectivity index (χ0n) is 15.0. The Morgan fingerprint density at radius 1 is 0.857 bits per heavy atom. The lowest BCUT2D eigenvalue weighted by molar-refractivity contribution is 0.102. The van der Waals surface area contributed by atoms with E-state index in [0.717, 1.165) is 5.56 Å². The Balaban J connectivity index is 1.87.